The molecule has 5 heteroatoms. The first-order valence-electron chi connectivity index (χ1n) is 5.59. The van der Waals surface area contributed by atoms with Gasteiger partial charge in [-0.3, -0.25) is 9.59 Å². The van der Waals surface area contributed by atoms with Gasteiger partial charge in [-0.15, -0.1) is 0 Å². The highest BCUT2D eigenvalue weighted by Crippen LogP contribution is 2.09. The number of hydrogen-bond acceptors (Lipinski definition) is 3. The molecule has 0 spiro atoms. The quantitative estimate of drug-likeness (QED) is 0.495. The summed E-state index contributed by atoms with van der Waals surface area (Å²) >= 11 is 0. The predicted molar refractivity (Wildman–Crippen MR) is 63.5 cm³/mol. The third-order valence-corrected chi connectivity index (χ3v) is 2.29. The van der Waals surface area contributed by atoms with Crippen LogP contribution in [0.3, 0.4) is 0 Å². The molecule has 2 N–H and O–H groups in total. The van der Waals surface area contributed by atoms with Gasteiger partial charge in [-0.1, -0.05) is 26.3 Å². The topological polar surface area (TPSA) is 83.5 Å². The molecule has 0 aromatic heterocycles. The second-order valence-electron chi connectivity index (χ2n) is 3.97. The monoisotopic (exact) mass is 241 g/mol. The average Bonchev–Trinajstić information content (AvgIpc) is 2.21. The van der Waals surface area contributed by atoms with E-state index in [0.717, 1.165) is 12.8 Å². The van der Waals surface area contributed by atoms with E-state index in [9.17, 15) is 14.4 Å². The van der Waals surface area contributed by atoms with E-state index in [1.54, 1.807) is 0 Å². The number of carbonyl (C=O) groups excluding carboxylic acids is 2. The van der Waals surface area contributed by atoms with E-state index in [2.05, 4.69) is 11.9 Å². The van der Waals surface area contributed by atoms with Crippen molar-refractivity contribution in [3.05, 3.63) is 12.2 Å². The van der Waals surface area contributed by atoms with E-state index in [0.29, 0.717) is 6.42 Å². The number of carbonyl (C=O) groups is 3. The number of Topliss-reactive ketones (excluding diaryl/α,β-unsaturated/α-hetero) is 1. The van der Waals surface area contributed by atoms with Crippen LogP contribution >= 0.6 is 0 Å². The van der Waals surface area contributed by atoms with Crippen molar-refractivity contribution in [1.29, 1.82) is 0 Å². The van der Waals surface area contributed by atoms with Crippen LogP contribution in [0.4, 0.5) is 0 Å². The normalized spacial score (nSPS) is 11.6. The van der Waals surface area contributed by atoms with E-state index >= 15 is 0 Å². The lowest BCUT2D eigenvalue weighted by atomic mass is 10.0. The second-order valence-corrected chi connectivity index (χ2v) is 3.97. The number of hydrogen-bond donors (Lipinski definition) is 2. The van der Waals surface area contributed by atoms with E-state index in [4.69, 9.17) is 5.11 Å². The minimum absolute atomic E-state index is 0.0460. The molecule has 0 radical (unpaired) electrons. The molecule has 1 atom stereocenters. The van der Waals surface area contributed by atoms with Crippen molar-refractivity contribution in [2.24, 2.45) is 0 Å². The molecule has 0 heterocycles. The Morgan fingerprint density at radius 1 is 1.35 bits per heavy atom. The summed E-state index contributed by atoms with van der Waals surface area (Å²) < 4.78 is 0. The smallest absolute Gasteiger partial charge is 0.333 e. The molecule has 17 heavy (non-hydrogen) atoms. The highest BCUT2D eigenvalue weighted by molar-refractivity contribution is 5.97. The predicted octanol–water partition coefficient (Wildman–Crippen LogP) is 1.28. The Morgan fingerprint density at radius 3 is 2.35 bits per heavy atom. The van der Waals surface area contributed by atoms with Crippen LogP contribution < -0.4 is 5.32 Å². The summed E-state index contributed by atoms with van der Waals surface area (Å²) in [6, 6.07) is -0.598. The summed E-state index contributed by atoms with van der Waals surface area (Å²) in [6.07, 6.45) is 1.98. The minimum atomic E-state index is -1.13. The molecule has 0 bridgehead atoms. The fourth-order valence-electron chi connectivity index (χ4n) is 1.36. The molecule has 5 nitrogen and oxygen atoms in total. The molecular weight excluding hydrogens is 222 g/mol. The summed E-state index contributed by atoms with van der Waals surface area (Å²) in [5.74, 6) is -1.84. The average molecular weight is 241 g/mol. The minimum Gasteiger partial charge on any atom is -0.478 e. The van der Waals surface area contributed by atoms with Gasteiger partial charge < -0.3 is 10.4 Å². The summed E-state index contributed by atoms with van der Waals surface area (Å²) in [7, 11) is 0. The van der Waals surface area contributed by atoms with Gasteiger partial charge in [0.2, 0.25) is 5.91 Å². The number of amides is 1. The molecule has 0 aromatic carbocycles. The van der Waals surface area contributed by atoms with Crippen LogP contribution in [0.1, 0.15) is 39.5 Å². The van der Waals surface area contributed by atoms with Gasteiger partial charge >= 0.3 is 5.97 Å². The Bertz CT molecular complexity index is 322. The van der Waals surface area contributed by atoms with Crippen molar-refractivity contribution in [2.75, 3.05) is 0 Å². The van der Waals surface area contributed by atoms with Gasteiger partial charge in [0.1, 0.15) is 5.78 Å². The molecule has 0 saturated heterocycles. The largest absolute Gasteiger partial charge is 0.478 e. The molecule has 0 rings (SSSR count). The molecular formula is C12H19NO4. The molecule has 0 aromatic rings. The first kappa shape index (κ1) is 15.3. The van der Waals surface area contributed by atoms with Gasteiger partial charge in [0.25, 0.3) is 0 Å². The number of aliphatic carboxylic acids is 1. The first-order valence-corrected chi connectivity index (χ1v) is 5.59. The highest BCUT2D eigenvalue weighted by Gasteiger charge is 2.20. The van der Waals surface area contributed by atoms with Crippen LogP contribution in [0.25, 0.3) is 0 Å². The molecule has 0 aliphatic heterocycles. The third kappa shape index (κ3) is 6.50. The Balaban J connectivity index is 4.47. The van der Waals surface area contributed by atoms with Gasteiger partial charge in [0.05, 0.1) is 18.0 Å². The molecule has 1 unspecified atom stereocenters. The Morgan fingerprint density at radius 2 is 1.94 bits per heavy atom. The maximum atomic E-state index is 11.4. The maximum absolute atomic E-state index is 11.4. The van der Waals surface area contributed by atoms with Gasteiger partial charge in [-0.05, 0) is 13.3 Å². The highest BCUT2D eigenvalue weighted by atomic mass is 16.4. The standard InChI is InChI=1S/C12H19NO4/c1-4-5-6-10(9(3)12(16)17)13-11(15)7-8(2)14/h10H,3-7H2,1-2H3,(H,13,15)(H,16,17). The second kappa shape index (κ2) is 7.60. The van der Waals surface area contributed by atoms with Crippen LogP contribution in [-0.4, -0.2) is 28.8 Å². The Labute approximate surface area is 101 Å². The first-order chi connectivity index (χ1) is 7.88. The van der Waals surface area contributed by atoms with Crippen molar-refractivity contribution in [1.82, 2.24) is 5.32 Å². The van der Waals surface area contributed by atoms with Crippen LogP contribution in [0.15, 0.2) is 12.2 Å². The molecule has 96 valence electrons. The lowest BCUT2D eigenvalue weighted by Gasteiger charge is -2.18. The van der Waals surface area contributed by atoms with E-state index < -0.39 is 17.9 Å². The zero-order chi connectivity index (χ0) is 13.4. The molecule has 0 saturated carbocycles. The number of nitrogens with one attached hydrogen (secondary N) is 1. The molecule has 0 aliphatic rings. The molecule has 0 aliphatic carbocycles. The van der Waals surface area contributed by atoms with Crippen LogP contribution in [0, 0.1) is 0 Å². The van der Waals surface area contributed by atoms with Crippen molar-refractivity contribution in [3.63, 3.8) is 0 Å². The molecule has 1 amide bonds. The third-order valence-electron chi connectivity index (χ3n) is 2.29. The van der Waals surface area contributed by atoms with Gasteiger partial charge in [0.15, 0.2) is 0 Å². The number of unbranched alkanes of at least 4 members (excludes halogenated alkanes) is 1. The van der Waals surface area contributed by atoms with Crippen molar-refractivity contribution < 1.29 is 19.5 Å². The number of carboxylic acid groups (broad SMARTS) is 1. The Kier molecular flexibility index (Phi) is 6.86. The summed E-state index contributed by atoms with van der Waals surface area (Å²) in [5.41, 5.74) is -0.0460. The van der Waals surface area contributed by atoms with E-state index in [-0.39, 0.29) is 17.8 Å². The van der Waals surface area contributed by atoms with Crippen LogP contribution in [0.5, 0.6) is 0 Å². The van der Waals surface area contributed by atoms with Gasteiger partial charge in [-0.2, -0.15) is 0 Å². The maximum Gasteiger partial charge on any atom is 0.333 e. The number of carboxylic acids is 1. The molecule has 0 fully saturated rings. The summed E-state index contributed by atoms with van der Waals surface area (Å²) in [4.78, 5) is 32.9. The van der Waals surface area contributed by atoms with E-state index in [1.165, 1.54) is 6.92 Å². The zero-order valence-corrected chi connectivity index (χ0v) is 10.3. The number of rotatable bonds is 8. The number of ketones is 1. The SMILES string of the molecule is C=C(C(=O)O)C(CCCC)NC(=O)CC(C)=O. The summed E-state index contributed by atoms with van der Waals surface area (Å²) in [6.45, 7) is 6.72. The Hall–Kier alpha value is -1.65. The fourth-order valence-corrected chi connectivity index (χ4v) is 1.36. The summed E-state index contributed by atoms with van der Waals surface area (Å²) in [5, 5.41) is 11.4. The van der Waals surface area contributed by atoms with Gasteiger partial charge in [-0.25, -0.2) is 4.79 Å². The lowest BCUT2D eigenvalue weighted by molar-refractivity contribution is -0.133. The van der Waals surface area contributed by atoms with Gasteiger partial charge in [0, 0.05) is 0 Å². The van der Waals surface area contributed by atoms with E-state index in [1.807, 2.05) is 6.92 Å². The zero-order valence-electron chi connectivity index (χ0n) is 10.3. The lowest BCUT2D eigenvalue weighted by Crippen LogP contribution is -2.38. The van der Waals surface area contributed by atoms with Crippen molar-refractivity contribution in [3.8, 4) is 0 Å². The van der Waals surface area contributed by atoms with Crippen molar-refractivity contribution in [2.45, 2.75) is 45.6 Å². The van der Waals surface area contributed by atoms with Crippen molar-refractivity contribution >= 4 is 17.7 Å². The fraction of sp³-hybridized carbons (Fsp3) is 0.583. The van der Waals surface area contributed by atoms with Crippen LogP contribution in [0.2, 0.25) is 0 Å². The van der Waals surface area contributed by atoms with Crippen LogP contribution in [-0.2, 0) is 14.4 Å².